The summed E-state index contributed by atoms with van der Waals surface area (Å²) >= 11 is 0. The maximum Gasteiger partial charge on any atom is 0.252 e. The Morgan fingerprint density at radius 1 is 1.11 bits per heavy atom. The van der Waals surface area contributed by atoms with Gasteiger partial charge in [0, 0.05) is 24.9 Å². The summed E-state index contributed by atoms with van der Waals surface area (Å²) in [5.74, 6) is 0.499. The molecule has 0 saturated carbocycles. The van der Waals surface area contributed by atoms with Gasteiger partial charge < -0.3 is 10.1 Å². The molecule has 2 aromatic rings. The van der Waals surface area contributed by atoms with Gasteiger partial charge in [-0.3, -0.25) is 4.79 Å². The Hall–Kier alpha value is -3.14. The van der Waals surface area contributed by atoms with Gasteiger partial charge in [-0.15, -0.1) is 0 Å². The van der Waals surface area contributed by atoms with E-state index in [9.17, 15) is 4.79 Å². The number of benzene rings is 2. The Morgan fingerprint density at radius 2 is 1.82 bits per heavy atom. The van der Waals surface area contributed by atoms with Crippen molar-refractivity contribution in [1.82, 2.24) is 5.32 Å². The van der Waals surface area contributed by atoms with Gasteiger partial charge in [0.05, 0.1) is 0 Å². The summed E-state index contributed by atoms with van der Waals surface area (Å²) in [4.78, 5) is 18.2. The summed E-state index contributed by atoms with van der Waals surface area (Å²) in [5, 5.41) is 2.84. The van der Waals surface area contributed by atoms with Crippen LogP contribution in [0.5, 0.6) is 0 Å². The van der Waals surface area contributed by atoms with Crippen LogP contribution in [0.3, 0.4) is 0 Å². The Labute approximate surface area is 165 Å². The monoisotopic (exact) mass is 372 g/mol. The molecular formula is C24H24N2O2. The third-order valence-corrected chi connectivity index (χ3v) is 5.37. The van der Waals surface area contributed by atoms with Crippen molar-refractivity contribution >= 4 is 11.8 Å². The largest absolute Gasteiger partial charge is 0.470 e. The van der Waals surface area contributed by atoms with Crippen molar-refractivity contribution in [3.8, 4) is 0 Å². The molecule has 0 bridgehead atoms. The third-order valence-electron chi connectivity index (χ3n) is 5.37. The molecule has 4 nitrogen and oxygen atoms in total. The molecule has 0 aromatic heterocycles. The summed E-state index contributed by atoms with van der Waals surface area (Å²) in [6.07, 6.45) is 9.24. The number of likely N-dealkylation sites (N-methyl/N-ethyl adjacent to an activating group) is 1. The van der Waals surface area contributed by atoms with Crippen molar-refractivity contribution in [2.24, 2.45) is 10.9 Å². The minimum atomic E-state index is -1.01. The number of amides is 1. The van der Waals surface area contributed by atoms with Gasteiger partial charge in [-0.2, -0.15) is 0 Å². The van der Waals surface area contributed by atoms with Crippen molar-refractivity contribution in [3.63, 3.8) is 0 Å². The molecule has 0 spiro atoms. The number of ether oxygens (including phenoxy) is 1. The second-order valence-electron chi connectivity index (χ2n) is 7.20. The lowest BCUT2D eigenvalue weighted by atomic mass is 9.77. The molecule has 0 fully saturated rings. The van der Waals surface area contributed by atoms with E-state index in [2.05, 4.69) is 17.5 Å². The maximum atomic E-state index is 13.2. The smallest absolute Gasteiger partial charge is 0.252 e. The number of hydrogen-bond donors (Lipinski definition) is 1. The van der Waals surface area contributed by atoms with Crippen molar-refractivity contribution in [2.75, 3.05) is 7.05 Å². The fourth-order valence-corrected chi connectivity index (χ4v) is 3.99. The minimum Gasteiger partial charge on any atom is -0.470 e. The van der Waals surface area contributed by atoms with Gasteiger partial charge in [0.15, 0.2) is 5.54 Å². The first-order chi connectivity index (χ1) is 13.7. The van der Waals surface area contributed by atoms with E-state index < -0.39 is 5.54 Å². The number of carbonyl (C=O) groups excluding carboxylic acids is 1. The standard InChI is InChI=1S/C24H24N2O2/c1-25-23(27)24(17-18-11-5-2-6-12-18)21(19-13-7-3-8-14-19)28-22(26-24)20-15-9-4-10-16-20/h2-13,15-16,19,21H,14,17H2,1H3,(H,25,27)/t19?,21-,24-/m0/s1. The maximum absolute atomic E-state index is 13.2. The van der Waals surface area contributed by atoms with Crippen molar-refractivity contribution < 1.29 is 9.53 Å². The van der Waals surface area contributed by atoms with Gasteiger partial charge in [0.1, 0.15) is 6.10 Å². The fraction of sp³-hybridized carbons (Fsp3) is 0.250. The quantitative estimate of drug-likeness (QED) is 0.870. The van der Waals surface area contributed by atoms with E-state index in [-0.39, 0.29) is 17.9 Å². The van der Waals surface area contributed by atoms with Crippen LogP contribution < -0.4 is 5.32 Å². The molecule has 4 heteroatoms. The Balaban J connectivity index is 1.80. The van der Waals surface area contributed by atoms with Crippen LogP contribution in [-0.2, 0) is 16.0 Å². The van der Waals surface area contributed by atoms with Crippen molar-refractivity contribution in [3.05, 3.63) is 96.1 Å². The average molecular weight is 372 g/mol. The highest BCUT2D eigenvalue weighted by atomic mass is 16.5. The normalized spacial score (nSPS) is 25.8. The molecule has 2 aromatic carbocycles. The molecule has 1 N–H and O–H groups in total. The first kappa shape index (κ1) is 18.2. The summed E-state index contributed by atoms with van der Waals surface area (Å²) in [7, 11) is 1.67. The zero-order valence-electron chi connectivity index (χ0n) is 15.9. The average Bonchev–Trinajstić information content (AvgIpc) is 3.15. The predicted octanol–water partition coefficient (Wildman–Crippen LogP) is 3.69. The SMILES string of the molecule is CNC(=O)[C@@]1(Cc2ccccc2)N=C(c2ccccc2)O[C@H]1C1C=CC=CC1. The van der Waals surface area contributed by atoms with Crippen LogP contribution in [-0.4, -0.2) is 30.5 Å². The lowest BCUT2D eigenvalue weighted by Gasteiger charge is -2.34. The molecule has 1 aliphatic carbocycles. The second kappa shape index (κ2) is 7.85. The molecule has 2 aliphatic rings. The molecule has 1 amide bonds. The van der Waals surface area contributed by atoms with Gasteiger partial charge >= 0.3 is 0 Å². The van der Waals surface area contributed by atoms with Crippen molar-refractivity contribution in [2.45, 2.75) is 24.5 Å². The van der Waals surface area contributed by atoms with Gasteiger partial charge in [-0.05, 0) is 24.1 Å². The topological polar surface area (TPSA) is 50.7 Å². The molecule has 1 unspecified atom stereocenters. The summed E-state index contributed by atoms with van der Waals surface area (Å²) in [5.41, 5.74) is 0.941. The zero-order valence-corrected chi connectivity index (χ0v) is 15.9. The highest BCUT2D eigenvalue weighted by Crippen LogP contribution is 2.38. The highest BCUT2D eigenvalue weighted by Gasteiger charge is 2.54. The van der Waals surface area contributed by atoms with Crippen LogP contribution in [0.2, 0.25) is 0 Å². The Bertz CT molecular complexity index is 918. The lowest BCUT2D eigenvalue weighted by molar-refractivity contribution is -0.129. The van der Waals surface area contributed by atoms with E-state index in [0.717, 1.165) is 17.5 Å². The number of carbonyl (C=O) groups is 1. The summed E-state index contributed by atoms with van der Waals surface area (Å²) in [6, 6.07) is 19.8. The number of nitrogens with zero attached hydrogens (tertiary/aromatic N) is 1. The number of hydrogen-bond acceptors (Lipinski definition) is 3. The van der Waals surface area contributed by atoms with Crippen molar-refractivity contribution in [1.29, 1.82) is 0 Å². The van der Waals surface area contributed by atoms with E-state index in [1.54, 1.807) is 7.05 Å². The second-order valence-corrected chi connectivity index (χ2v) is 7.20. The minimum absolute atomic E-state index is 0.0796. The van der Waals surface area contributed by atoms with E-state index in [1.807, 2.05) is 72.8 Å². The predicted molar refractivity (Wildman–Crippen MR) is 111 cm³/mol. The molecule has 1 heterocycles. The number of rotatable bonds is 5. The Kier molecular flexibility index (Phi) is 5.11. The Morgan fingerprint density at radius 3 is 2.46 bits per heavy atom. The zero-order chi connectivity index (χ0) is 19.4. The fourth-order valence-electron chi connectivity index (χ4n) is 3.99. The van der Waals surface area contributed by atoms with E-state index >= 15 is 0 Å². The first-order valence-electron chi connectivity index (χ1n) is 9.64. The van der Waals surface area contributed by atoms with E-state index in [1.165, 1.54) is 0 Å². The molecule has 3 atom stereocenters. The van der Waals surface area contributed by atoms with Gasteiger partial charge in [0.25, 0.3) is 5.91 Å². The molecule has 4 rings (SSSR count). The molecular weight excluding hydrogens is 348 g/mol. The third kappa shape index (κ3) is 3.38. The number of nitrogens with one attached hydrogen (secondary N) is 1. The molecule has 0 radical (unpaired) electrons. The summed E-state index contributed by atoms with van der Waals surface area (Å²) < 4.78 is 6.40. The van der Waals surface area contributed by atoms with Gasteiger partial charge in [-0.25, -0.2) is 4.99 Å². The molecule has 0 saturated heterocycles. The number of allylic oxidation sites excluding steroid dienone is 3. The van der Waals surface area contributed by atoms with Crippen LogP contribution in [0.15, 0.2) is 90.0 Å². The van der Waals surface area contributed by atoms with Crippen LogP contribution in [0.25, 0.3) is 0 Å². The van der Waals surface area contributed by atoms with E-state index in [4.69, 9.17) is 9.73 Å². The molecule has 142 valence electrons. The van der Waals surface area contributed by atoms with Crippen LogP contribution in [0, 0.1) is 5.92 Å². The lowest BCUT2D eigenvalue weighted by Crippen LogP contribution is -2.55. The van der Waals surface area contributed by atoms with Crippen LogP contribution >= 0.6 is 0 Å². The van der Waals surface area contributed by atoms with Crippen LogP contribution in [0.4, 0.5) is 0 Å². The van der Waals surface area contributed by atoms with Crippen LogP contribution in [0.1, 0.15) is 17.5 Å². The highest BCUT2D eigenvalue weighted by molar-refractivity contribution is 6.00. The molecule has 1 aliphatic heterocycles. The first-order valence-corrected chi connectivity index (χ1v) is 9.64. The van der Waals surface area contributed by atoms with Gasteiger partial charge in [0.2, 0.25) is 5.90 Å². The number of aliphatic imine (C=N–C) groups is 1. The van der Waals surface area contributed by atoms with Gasteiger partial charge in [-0.1, -0.05) is 72.8 Å². The molecule has 28 heavy (non-hydrogen) atoms. The summed E-state index contributed by atoms with van der Waals surface area (Å²) in [6.45, 7) is 0. The van der Waals surface area contributed by atoms with E-state index in [0.29, 0.717) is 12.3 Å².